The van der Waals surface area contributed by atoms with Gasteiger partial charge in [0.05, 0.1) is 6.26 Å². The van der Waals surface area contributed by atoms with E-state index >= 15 is 0 Å². The number of rotatable bonds is 6. The first-order chi connectivity index (χ1) is 10.8. The molecule has 4 nitrogen and oxygen atoms in total. The van der Waals surface area contributed by atoms with E-state index in [4.69, 9.17) is 4.42 Å². The molecule has 0 unspecified atom stereocenters. The third kappa shape index (κ3) is 3.44. The molecule has 0 saturated heterocycles. The first-order valence-electron chi connectivity index (χ1n) is 7.12. The van der Waals surface area contributed by atoms with E-state index in [1.54, 1.807) is 18.0 Å². The highest BCUT2D eigenvalue weighted by Crippen LogP contribution is 2.27. The van der Waals surface area contributed by atoms with E-state index in [1.807, 2.05) is 12.1 Å². The van der Waals surface area contributed by atoms with E-state index in [0.717, 1.165) is 39.9 Å². The molecule has 3 aromatic rings. The van der Waals surface area contributed by atoms with Crippen molar-refractivity contribution in [3.63, 3.8) is 0 Å². The zero-order chi connectivity index (χ0) is 15.4. The summed E-state index contributed by atoms with van der Waals surface area (Å²) in [6, 6.07) is 12.1. The maximum Gasteiger partial charge on any atom is 0.200 e. The standard InChI is InChI=1S/C16H16BrN3OS/c1-2-9-20-15(14-4-3-10-21-14)18-19-16(20)22-11-12-5-7-13(17)8-6-12/h3-8,10H,2,9,11H2,1H3. The second-order valence-corrected chi connectivity index (χ2v) is 6.71. The average molecular weight is 378 g/mol. The summed E-state index contributed by atoms with van der Waals surface area (Å²) in [5.74, 6) is 2.43. The lowest BCUT2D eigenvalue weighted by molar-refractivity contribution is 0.559. The summed E-state index contributed by atoms with van der Waals surface area (Å²) in [7, 11) is 0. The first kappa shape index (κ1) is 15.4. The minimum absolute atomic E-state index is 0.761. The summed E-state index contributed by atoms with van der Waals surface area (Å²) in [6.45, 7) is 3.03. The van der Waals surface area contributed by atoms with Gasteiger partial charge in [0.25, 0.3) is 0 Å². The van der Waals surface area contributed by atoms with Crippen LogP contribution in [-0.2, 0) is 12.3 Å². The predicted molar refractivity (Wildman–Crippen MR) is 91.7 cm³/mol. The topological polar surface area (TPSA) is 43.9 Å². The molecule has 2 aromatic heterocycles. The SMILES string of the molecule is CCCn1c(SCc2ccc(Br)cc2)nnc1-c1ccco1. The molecule has 6 heteroatoms. The highest BCUT2D eigenvalue weighted by molar-refractivity contribution is 9.10. The number of thioether (sulfide) groups is 1. The summed E-state index contributed by atoms with van der Waals surface area (Å²) in [6.07, 6.45) is 2.69. The lowest BCUT2D eigenvalue weighted by Crippen LogP contribution is -2.01. The Morgan fingerprint density at radius 1 is 1.18 bits per heavy atom. The van der Waals surface area contributed by atoms with Crippen molar-refractivity contribution < 1.29 is 4.42 Å². The monoisotopic (exact) mass is 377 g/mol. The van der Waals surface area contributed by atoms with Crippen molar-refractivity contribution >= 4 is 27.7 Å². The van der Waals surface area contributed by atoms with Gasteiger partial charge in [-0.3, -0.25) is 4.57 Å². The molecule has 0 aliphatic carbocycles. The Balaban J connectivity index is 1.79. The molecule has 3 rings (SSSR count). The zero-order valence-electron chi connectivity index (χ0n) is 12.2. The second kappa shape index (κ2) is 7.15. The van der Waals surface area contributed by atoms with Crippen LogP contribution in [0.15, 0.2) is 56.7 Å². The van der Waals surface area contributed by atoms with Crippen molar-refractivity contribution in [2.24, 2.45) is 0 Å². The van der Waals surface area contributed by atoms with Crippen LogP contribution in [0.5, 0.6) is 0 Å². The van der Waals surface area contributed by atoms with E-state index in [1.165, 1.54) is 5.56 Å². The lowest BCUT2D eigenvalue weighted by Gasteiger charge is -2.07. The minimum atomic E-state index is 0.761. The van der Waals surface area contributed by atoms with Gasteiger partial charge in [0, 0.05) is 16.8 Å². The van der Waals surface area contributed by atoms with Gasteiger partial charge >= 0.3 is 0 Å². The molecule has 0 aliphatic heterocycles. The van der Waals surface area contributed by atoms with E-state index < -0.39 is 0 Å². The van der Waals surface area contributed by atoms with Crippen LogP contribution in [-0.4, -0.2) is 14.8 Å². The molecule has 0 amide bonds. The van der Waals surface area contributed by atoms with Gasteiger partial charge in [0.2, 0.25) is 0 Å². The summed E-state index contributed by atoms with van der Waals surface area (Å²) in [5.41, 5.74) is 1.26. The van der Waals surface area contributed by atoms with Gasteiger partial charge in [-0.25, -0.2) is 0 Å². The van der Waals surface area contributed by atoms with Crippen LogP contribution in [0.4, 0.5) is 0 Å². The maximum absolute atomic E-state index is 5.46. The fraction of sp³-hybridized carbons (Fsp3) is 0.250. The van der Waals surface area contributed by atoms with Gasteiger partial charge in [-0.05, 0) is 36.2 Å². The molecule has 0 bridgehead atoms. The number of hydrogen-bond acceptors (Lipinski definition) is 4. The summed E-state index contributed by atoms with van der Waals surface area (Å²) >= 11 is 5.15. The Labute approximate surface area is 142 Å². The molecule has 0 N–H and O–H groups in total. The van der Waals surface area contributed by atoms with Crippen LogP contribution in [0.1, 0.15) is 18.9 Å². The molecule has 2 heterocycles. The molecular formula is C16H16BrN3OS. The van der Waals surface area contributed by atoms with Gasteiger partial charge < -0.3 is 4.42 Å². The van der Waals surface area contributed by atoms with Crippen LogP contribution in [0.3, 0.4) is 0 Å². The number of aromatic nitrogens is 3. The largest absolute Gasteiger partial charge is 0.461 e. The van der Waals surface area contributed by atoms with Crippen molar-refractivity contribution in [2.75, 3.05) is 0 Å². The lowest BCUT2D eigenvalue weighted by atomic mass is 10.2. The third-order valence-electron chi connectivity index (χ3n) is 3.19. The molecule has 1 aromatic carbocycles. The van der Waals surface area contributed by atoms with Gasteiger partial charge in [0.1, 0.15) is 0 Å². The molecule has 0 radical (unpaired) electrons. The Kier molecular flexibility index (Phi) is 5.00. The van der Waals surface area contributed by atoms with Crippen molar-refractivity contribution in [1.29, 1.82) is 0 Å². The molecule has 0 saturated carbocycles. The fourth-order valence-corrected chi connectivity index (χ4v) is 3.32. The number of nitrogens with zero attached hydrogens (tertiary/aromatic N) is 3. The second-order valence-electron chi connectivity index (χ2n) is 4.85. The number of benzene rings is 1. The van der Waals surface area contributed by atoms with Crippen molar-refractivity contribution in [2.45, 2.75) is 30.8 Å². The van der Waals surface area contributed by atoms with Gasteiger partial charge in [-0.15, -0.1) is 10.2 Å². The third-order valence-corrected chi connectivity index (χ3v) is 4.75. The number of furan rings is 1. The van der Waals surface area contributed by atoms with Crippen LogP contribution in [0.2, 0.25) is 0 Å². The van der Waals surface area contributed by atoms with Crippen molar-refractivity contribution in [3.05, 3.63) is 52.7 Å². The molecular weight excluding hydrogens is 362 g/mol. The summed E-state index contributed by atoms with van der Waals surface area (Å²) < 4.78 is 8.68. The smallest absolute Gasteiger partial charge is 0.200 e. The quantitative estimate of drug-likeness (QED) is 0.566. The Bertz CT molecular complexity index is 722. The molecule has 0 fully saturated rings. The highest BCUT2D eigenvalue weighted by Gasteiger charge is 2.15. The summed E-state index contributed by atoms with van der Waals surface area (Å²) in [4.78, 5) is 0. The Hall–Kier alpha value is -1.53. The van der Waals surface area contributed by atoms with Crippen LogP contribution in [0.25, 0.3) is 11.6 Å². The van der Waals surface area contributed by atoms with Gasteiger partial charge in [-0.1, -0.05) is 46.7 Å². The predicted octanol–water partition coefficient (Wildman–Crippen LogP) is 5.00. The van der Waals surface area contributed by atoms with E-state index in [0.29, 0.717) is 0 Å². The zero-order valence-corrected chi connectivity index (χ0v) is 14.6. The Morgan fingerprint density at radius 2 is 2.00 bits per heavy atom. The molecule has 22 heavy (non-hydrogen) atoms. The maximum atomic E-state index is 5.46. The number of hydrogen-bond donors (Lipinski definition) is 0. The van der Waals surface area contributed by atoms with Crippen LogP contribution in [0, 0.1) is 0 Å². The fourth-order valence-electron chi connectivity index (χ4n) is 2.14. The van der Waals surface area contributed by atoms with Crippen LogP contribution >= 0.6 is 27.7 Å². The summed E-state index contributed by atoms with van der Waals surface area (Å²) in [5, 5.41) is 9.55. The van der Waals surface area contributed by atoms with E-state index in [2.05, 4.69) is 61.9 Å². The average Bonchev–Trinajstić information content (AvgIpc) is 3.17. The van der Waals surface area contributed by atoms with Crippen molar-refractivity contribution in [1.82, 2.24) is 14.8 Å². The Morgan fingerprint density at radius 3 is 2.68 bits per heavy atom. The molecule has 0 atom stereocenters. The van der Waals surface area contributed by atoms with Crippen molar-refractivity contribution in [3.8, 4) is 11.6 Å². The van der Waals surface area contributed by atoms with E-state index in [9.17, 15) is 0 Å². The normalized spacial score (nSPS) is 11.0. The number of halogens is 1. The molecule has 0 spiro atoms. The molecule has 0 aliphatic rings. The highest BCUT2D eigenvalue weighted by atomic mass is 79.9. The van der Waals surface area contributed by atoms with Gasteiger partial charge in [-0.2, -0.15) is 0 Å². The van der Waals surface area contributed by atoms with Gasteiger partial charge in [0.15, 0.2) is 16.7 Å². The minimum Gasteiger partial charge on any atom is -0.461 e. The van der Waals surface area contributed by atoms with E-state index in [-0.39, 0.29) is 0 Å². The molecule has 114 valence electrons. The first-order valence-corrected chi connectivity index (χ1v) is 8.90. The van der Waals surface area contributed by atoms with Crippen LogP contribution < -0.4 is 0 Å².